The zero-order valence-corrected chi connectivity index (χ0v) is 8.14. The summed E-state index contributed by atoms with van der Waals surface area (Å²) >= 11 is 5.91. The zero-order valence-electron chi connectivity index (χ0n) is 7.39. The van der Waals surface area contributed by atoms with Crippen LogP contribution < -0.4 is 4.74 Å². The van der Waals surface area contributed by atoms with Crippen LogP contribution in [-0.4, -0.2) is 17.1 Å². The summed E-state index contributed by atoms with van der Waals surface area (Å²) in [6.45, 7) is 1.97. The lowest BCUT2D eigenvalue weighted by molar-refractivity contribution is 0.399. The van der Waals surface area contributed by atoms with Crippen molar-refractivity contribution in [2.75, 3.05) is 7.11 Å². The molecule has 0 fully saturated rings. The van der Waals surface area contributed by atoms with Crippen molar-refractivity contribution < 1.29 is 4.74 Å². The quantitative estimate of drug-likeness (QED) is 0.761. The Labute approximate surface area is 80.7 Å². The summed E-state index contributed by atoms with van der Waals surface area (Å²) in [6.07, 6.45) is 0. The minimum absolute atomic E-state index is 0.455. The first-order chi connectivity index (χ1) is 6.20. The summed E-state index contributed by atoms with van der Waals surface area (Å²) in [4.78, 5) is 7.31. The van der Waals surface area contributed by atoms with Crippen molar-refractivity contribution in [2.24, 2.45) is 0 Å². The highest BCUT2D eigenvalue weighted by Gasteiger charge is 2.06. The van der Waals surface area contributed by atoms with Gasteiger partial charge < -0.3 is 9.72 Å². The molecular weight excluding hydrogens is 188 g/mol. The molecule has 4 heteroatoms. The van der Waals surface area contributed by atoms with E-state index in [4.69, 9.17) is 16.3 Å². The van der Waals surface area contributed by atoms with Gasteiger partial charge in [-0.05, 0) is 19.1 Å². The van der Waals surface area contributed by atoms with Crippen LogP contribution >= 0.6 is 11.6 Å². The van der Waals surface area contributed by atoms with Crippen molar-refractivity contribution in [3.63, 3.8) is 0 Å². The molecule has 2 aromatic rings. The van der Waals surface area contributed by atoms with Gasteiger partial charge >= 0.3 is 0 Å². The summed E-state index contributed by atoms with van der Waals surface area (Å²) < 4.78 is 5.00. The van der Waals surface area contributed by atoms with Crippen molar-refractivity contribution in [3.05, 3.63) is 22.8 Å². The van der Waals surface area contributed by atoms with Gasteiger partial charge in [-0.2, -0.15) is 4.98 Å². The van der Waals surface area contributed by atoms with Gasteiger partial charge in [0, 0.05) is 11.1 Å². The SMILES string of the molecule is COc1nc2[nH]c(C)cc2cc1Cl. The third-order valence-corrected chi connectivity index (χ3v) is 2.13. The number of nitrogens with one attached hydrogen (secondary N) is 1. The van der Waals surface area contributed by atoms with Gasteiger partial charge in [-0.1, -0.05) is 11.6 Å². The second-order valence-corrected chi connectivity index (χ2v) is 3.28. The van der Waals surface area contributed by atoms with Gasteiger partial charge in [0.15, 0.2) is 0 Å². The van der Waals surface area contributed by atoms with E-state index in [2.05, 4.69) is 9.97 Å². The van der Waals surface area contributed by atoms with Crippen LogP contribution in [-0.2, 0) is 0 Å². The van der Waals surface area contributed by atoms with E-state index in [-0.39, 0.29) is 0 Å². The molecule has 13 heavy (non-hydrogen) atoms. The van der Waals surface area contributed by atoms with Crippen LogP contribution in [0.3, 0.4) is 0 Å². The van der Waals surface area contributed by atoms with Crippen LogP contribution in [0, 0.1) is 6.92 Å². The molecule has 0 aromatic carbocycles. The Kier molecular flexibility index (Phi) is 1.88. The molecule has 0 saturated heterocycles. The molecule has 0 bridgehead atoms. The highest BCUT2D eigenvalue weighted by atomic mass is 35.5. The van der Waals surface area contributed by atoms with E-state index in [0.29, 0.717) is 10.9 Å². The molecule has 0 amide bonds. The van der Waals surface area contributed by atoms with Gasteiger partial charge in [0.1, 0.15) is 10.7 Å². The van der Waals surface area contributed by atoms with E-state index in [1.807, 2.05) is 19.1 Å². The number of ether oxygens (including phenoxy) is 1. The lowest BCUT2D eigenvalue weighted by atomic mass is 10.3. The Morgan fingerprint density at radius 2 is 2.23 bits per heavy atom. The normalized spacial score (nSPS) is 10.7. The van der Waals surface area contributed by atoms with Crippen molar-refractivity contribution in [1.82, 2.24) is 9.97 Å². The molecular formula is C9H9ClN2O. The number of H-pyrrole nitrogens is 1. The van der Waals surface area contributed by atoms with E-state index in [0.717, 1.165) is 16.7 Å². The van der Waals surface area contributed by atoms with Crippen LogP contribution in [0.2, 0.25) is 5.02 Å². The number of methoxy groups -OCH3 is 1. The van der Waals surface area contributed by atoms with Crippen molar-refractivity contribution in [2.45, 2.75) is 6.92 Å². The Balaban J connectivity index is 2.72. The molecule has 1 N–H and O–H groups in total. The molecule has 0 saturated carbocycles. The van der Waals surface area contributed by atoms with Gasteiger partial charge in [-0.3, -0.25) is 0 Å². The van der Waals surface area contributed by atoms with Gasteiger partial charge in [0.2, 0.25) is 5.88 Å². The number of rotatable bonds is 1. The van der Waals surface area contributed by atoms with E-state index in [1.54, 1.807) is 7.11 Å². The lowest BCUT2D eigenvalue weighted by Gasteiger charge is -2.00. The molecule has 0 radical (unpaired) electrons. The third kappa shape index (κ3) is 1.35. The van der Waals surface area contributed by atoms with E-state index in [9.17, 15) is 0 Å². The second kappa shape index (κ2) is 2.92. The van der Waals surface area contributed by atoms with Gasteiger partial charge in [-0.15, -0.1) is 0 Å². The molecule has 2 rings (SSSR count). The maximum atomic E-state index is 5.91. The molecule has 2 heterocycles. The van der Waals surface area contributed by atoms with Crippen LogP contribution in [0.5, 0.6) is 5.88 Å². The smallest absolute Gasteiger partial charge is 0.234 e. The number of fused-ring (bicyclic) bond motifs is 1. The molecule has 0 aliphatic heterocycles. The zero-order chi connectivity index (χ0) is 9.42. The minimum Gasteiger partial charge on any atom is -0.480 e. The molecule has 0 spiro atoms. The first kappa shape index (κ1) is 8.38. The highest BCUT2D eigenvalue weighted by molar-refractivity contribution is 6.32. The largest absolute Gasteiger partial charge is 0.480 e. The standard InChI is InChI=1S/C9H9ClN2O/c1-5-3-6-4-7(10)9(13-2)12-8(6)11-5/h3-4H,1-2H3,(H,11,12). The molecule has 2 aromatic heterocycles. The lowest BCUT2D eigenvalue weighted by Crippen LogP contribution is -1.88. The number of aromatic amines is 1. The second-order valence-electron chi connectivity index (χ2n) is 2.87. The average Bonchev–Trinajstić information content (AvgIpc) is 2.42. The van der Waals surface area contributed by atoms with Crippen molar-refractivity contribution >= 4 is 22.6 Å². The molecule has 0 aliphatic rings. The Hall–Kier alpha value is -1.22. The van der Waals surface area contributed by atoms with Gasteiger partial charge in [0.25, 0.3) is 0 Å². The molecule has 3 nitrogen and oxygen atoms in total. The average molecular weight is 197 g/mol. The van der Waals surface area contributed by atoms with Gasteiger partial charge in [-0.25, -0.2) is 0 Å². The summed E-state index contributed by atoms with van der Waals surface area (Å²) in [6, 6.07) is 3.83. The Morgan fingerprint density at radius 1 is 1.46 bits per heavy atom. The fourth-order valence-electron chi connectivity index (χ4n) is 1.30. The van der Waals surface area contributed by atoms with Gasteiger partial charge in [0.05, 0.1) is 7.11 Å². The third-order valence-electron chi connectivity index (χ3n) is 1.85. The maximum Gasteiger partial charge on any atom is 0.234 e. The molecule has 0 atom stereocenters. The minimum atomic E-state index is 0.455. The first-order valence-electron chi connectivity index (χ1n) is 3.90. The van der Waals surface area contributed by atoms with Crippen LogP contribution in [0.25, 0.3) is 11.0 Å². The fourth-order valence-corrected chi connectivity index (χ4v) is 1.53. The van der Waals surface area contributed by atoms with Crippen molar-refractivity contribution in [1.29, 1.82) is 0 Å². The number of aryl methyl sites for hydroxylation is 1. The van der Waals surface area contributed by atoms with E-state index >= 15 is 0 Å². The van der Waals surface area contributed by atoms with Crippen LogP contribution in [0.1, 0.15) is 5.69 Å². The Bertz CT molecular complexity index is 450. The molecule has 0 unspecified atom stereocenters. The predicted molar refractivity (Wildman–Crippen MR) is 52.4 cm³/mol. The van der Waals surface area contributed by atoms with E-state index < -0.39 is 0 Å². The van der Waals surface area contributed by atoms with Crippen LogP contribution in [0.4, 0.5) is 0 Å². The van der Waals surface area contributed by atoms with Crippen molar-refractivity contribution in [3.8, 4) is 5.88 Å². The summed E-state index contributed by atoms with van der Waals surface area (Å²) in [5.41, 5.74) is 1.87. The monoisotopic (exact) mass is 196 g/mol. The molecule has 68 valence electrons. The number of hydrogen-bond acceptors (Lipinski definition) is 2. The molecule has 0 aliphatic carbocycles. The first-order valence-corrected chi connectivity index (χ1v) is 4.28. The number of nitrogens with zero attached hydrogens (tertiary/aromatic N) is 1. The highest BCUT2D eigenvalue weighted by Crippen LogP contribution is 2.26. The topological polar surface area (TPSA) is 37.9 Å². The summed E-state index contributed by atoms with van der Waals surface area (Å²) in [5, 5.41) is 1.54. The maximum absolute atomic E-state index is 5.91. The number of halogens is 1. The number of hydrogen-bond donors (Lipinski definition) is 1. The van der Waals surface area contributed by atoms with E-state index in [1.165, 1.54) is 0 Å². The van der Waals surface area contributed by atoms with Crippen LogP contribution in [0.15, 0.2) is 12.1 Å². The Morgan fingerprint density at radius 3 is 2.92 bits per heavy atom. The fraction of sp³-hybridized carbons (Fsp3) is 0.222. The number of aromatic nitrogens is 2. The summed E-state index contributed by atoms with van der Waals surface area (Å²) in [7, 11) is 1.55. The predicted octanol–water partition coefficient (Wildman–Crippen LogP) is 2.53. The number of pyridine rings is 1. The summed E-state index contributed by atoms with van der Waals surface area (Å²) in [5.74, 6) is 0.455.